The lowest BCUT2D eigenvalue weighted by Crippen LogP contribution is -2.10. The van der Waals surface area contributed by atoms with Crippen LogP contribution in [-0.4, -0.2) is 6.61 Å². The van der Waals surface area contributed by atoms with E-state index in [1.807, 2.05) is 13.8 Å². The number of hydrogen-bond acceptors (Lipinski definition) is 2. The van der Waals surface area contributed by atoms with Crippen molar-refractivity contribution < 1.29 is 4.74 Å². The summed E-state index contributed by atoms with van der Waals surface area (Å²) in [6.45, 7) is 11.1. The highest BCUT2D eigenvalue weighted by atomic mass is 16.5. The quantitative estimate of drug-likeness (QED) is 0.686. The molecule has 0 unspecified atom stereocenters. The van der Waals surface area contributed by atoms with Crippen molar-refractivity contribution in [2.24, 2.45) is 5.41 Å². The summed E-state index contributed by atoms with van der Waals surface area (Å²) in [6, 6.07) is 8.70. The van der Waals surface area contributed by atoms with E-state index in [0.29, 0.717) is 12.5 Å². The smallest absolute Gasteiger partial charge is 0.122 e. The standard InChI is InChI=1S/C17H25NO/c1-13(2)15-8-7-14(3)11-16(15)19-10-6-9-17(4,5)12-18/h7-8,11,13H,6,9-10H2,1-5H3. The summed E-state index contributed by atoms with van der Waals surface area (Å²) in [6.07, 6.45) is 1.78. The first-order valence-electron chi connectivity index (χ1n) is 7.00. The number of benzene rings is 1. The van der Waals surface area contributed by atoms with Crippen LogP contribution in [0.15, 0.2) is 18.2 Å². The van der Waals surface area contributed by atoms with Gasteiger partial charge in [-0.3, -0.25) is 0 Å². The molecule has 0 N–H and O–H groups in total. The summed E-state index contributed by atoms with van der Waals surface area (Å²) in [7, 11) is 0. The Labute approximate surface area is 117 Å². The topological polar surface area (TPSA) is 33.0 Å². The predicted molar refractivity (Wildman–Crippen MR) is 79.4 cm³/mol. The number of aryl methyl sites for hydroxylation is 1. The molecule has 2 nitrogen and oxygen atoms in total. The number of ether oxygens (including phenoxy) is 1. The summed E-state index contributed by atoms with van der Waals surface area (Å²) >= 11 is 0. The summed E-state index contributed by atoms with van der Waals surface area (Å²) in [5, 5.41) is 8.97. The van der Waals surface area contributed by atoms with Gasteiger partial charge in [0.2, 0.25) is 0 Å². The maximum atomic E-state index is 8.97. The molecule has 104 valence electrons. The number of rotatable bonds is 6. The molecule has 1 rings (SSSR count). The third kappa shape index (κ3) is 4.95. The molecule has 0 amide bonds. The van der Waals surface area contributed by atoms with Crippen molar-refractivity contribution in [2.75, 3.05) is 6.61 Å². The lowest BCUT2D eigenvalue weighted by atomic mass is 9.90. The Hall–Kier alpha value is -1.49. The van der Waals surface area contributed by atoms with Crippen LogP contribution in [0.5, 0.6) is 5.75 Å². The average Bonchev–Trinajstić information content (AvgIpc) is 2.34. The summed E-state index contributed by atoms with van der Waals surface area (Å²) in [4.78, 5) is 0. The average molecular weight is 259 g/mol. The Bertz CT molecular complexity index is 455. The maximum absolute atomic E-state index is 8.97. The maximum Gasteiger partial charge on any atom is 0.122 e. The fourth-order valence-electron chi connectivity index (χ4n) is 2.00. The van der Waals surface area contributed by atoms with Crippen molar-refractivity contribution in [3.05, 3.63) is 29.3 Å². The van der Waals surface area contributed by atoms with E-state index in [1.54, 1.807) is 0 Å². The van der Waals surface area contributed by atoms with E-state index in [2.05, 4.69) is 45.0 Å². The van der Waals surface area contributed by atoms with Gasteiger partial charge in [-0.1, -0.05) is 26.0 Å². The molecule has 0 bridgehead atoms. The lowest BCUT2D eigenvalue weighted by molar-refractivity contribution is 0.281. The van der Waals surface area contributed by atoms with Gasteiger partial charge in [0.1, 0.15) is 5.75 Å². The van der Waals surface area contributed by atoms with Gasteiger partial charge < -0.3 is 4.74 Å². The van der Waals surface area contributed by atoms with Gasteiger partial charge in [0.15, 0.2) is 0 Å². The van der Waals surface area contributed by atoms with Crippen LogP contribution in [0.4, 0.5) is 0 Å². The molecular weight excluding hydrogens is 234 g/mol. The van der Waals surface area contributed by atoms with Gasteiger partial charge in [-0.25, -0.2) is 0 Å². The molecule has 0 saturated carbocycles. The van der Waals surface area contributed by atoms with E-state index in [4.69, 9.17) is 10.00 Å². The van der Waals surface area contributed by atoms with Crippen LogP contribution < -0.4 is 4.74 Å². The van der Waals surface area contributed by atoms with Gasteiger partial charge in [-0.2, -0.15) is 5.26 Å². The highest BCUT2D eigenvalue weighted by Gasteiger charge is 2.16. The van der Waals surface area contributed by atoms with Gasteiger partial charge in [0.25, 0.3) is 0 Å². The highest BCUT2D eigenvalue weighted by molar-refractivity contribution is 5.39. The molecule has 0 atom stereocenters. The Morgan fingerprint density at radius 2 is 2.00 bits per heavy atom. The monoisotopic (exact) mass is 259 g/mol. The van der Waals surface area contributed by atoms with Crippen molar-refractivity contribution in [2.45, 2.75) is 53.4 Å². The van der Waals surface area contributed by atoms with Crippen molar-refractivity contribution in [3.63, 3.8) is 0 Å². The second-order valence-electron chi connectivity index (χ2n) is 6.14. The molecule has 0 saturated heterocycles. The van der Waals surface area contributed by atoms with Gasteiger partial charge in [-0.15, -0.1) is 0 Å². The first-order chi connectivity index (χ1) is 8.85. The second kappa shape index (κ2) is 6.61. The van der Waals surface area contributed by atoms with E-state index < -0.39 is 0 Å². The molecule has 19 heavy (non-hydrogen) atoms. The van der Waals surface area contributed by atoms with E-state index in [0.717, 1.165) is 18.6 Å². The molecule has 0 heterocycles. The molecular formula is C17H25NO. The largest absolute Gasteiger partial charge is 0.493 e. The minimum atomic E-state index is -0.253. The van der Waals surface area contributed by atoms with Crippen molar-refractivity contribution in [1.82, 2.24) is 0 Å². The van der Waals surface area contributed by atoms with E-state index in [1.165, 1.54) is 11.1 Å². The Morgan fingerprint density at radius 1 is 1.32 bits per heavy atom. The SMILES string of the molecule is Cc1ccc(C(C)C)c(OCCCC(C)(C)C#N)c1. The zero-order valence-corrected chi connectivity index (χ0v) is 12.8. The van der Waals surface area contributed by atoms with Crippen LogP contribution in [0.2, 0.25) is 0 Å². The highest BCUT2D eigenvalue weighted by Crippen LogP contribution is 2.28. The number of nitrogens with zero attached hydrogens (tertiary/aromatic N) is 1. The Morgan fingerprint density at radius 3 is 2.58 bits per heavy atom. The van der Waals surface area contributed by atoms with E-state index >= 15 is 0 Å². The second-order valence-corrected chi connectivity index (χ2v) is 6.14. The third-order valence-corrected chi connectivity index (χ3v) is 3.30. The van der Waals surface area contributed by atoms with Gasteiger partial charge in [0, 0.05) is 0 Å². The zero-order chi connectivity index (χ0) is 14.5. The normalized spacial score (nSPS) is 11.4. The first-order valence-corrected chi connectivity index (χ1v) is 7.00. The van der Waals surface area contributed by atoms with Crippen molar-refractivity contribution in [3.8, 4) is 11.8 Å². The third-order valence-electron chi connectivity index (χ3n) is 3.30. The Balaban J connectivity index is 2.58. The minimum Gasteiger partial charge on any atom is -0.493 e. The number of hydrogen-bond donors (Lipinski definition) is 0. The summed E-state index contributed by atoms with van der Waals surface area (Å²) in [5.74, 6) is 1.45. The molecule has 0 aromatic heterocycles. The molecule has 0 aliphatic carbocycles. The van der Waals surface area contributed by atoms with Crippen LogP contribution in [0.25, 0.3) is 0 Å². The zero-order valence-electron chi connectivity index (χ0n) is 12.8. The van der Waals surface area contributed by atoms with Gasteiger partial charge >= 0.3 is 0 Å². The van der Waals surface area contributed by atoms with Crippen LogP contribution >= 0.6 is 0 Å². The minimum absolute atomic E-state index is 0.253. The van der Waals surface area contributed by atoms with Gasteiger partial charge in [0.05, 0.1) is 18.1 Å². The number of nitriles is 1. The lowest BCUT2D eigenvalue weighted by Gasteiger charge is -2.17. The molecule has 2 heteroatoms. The molecule has 0 fully saturated rings. The van der Waals surface area contributed by atoms with Crippen molar-refractivity contribution in [1.29, 1.82) is 5.26 Å². The van der Waals surface area contributed by atoms with Crippen LogP contribution in [-0.2, 0) is 0 Å². The molecule has 0 aliphatic rings. The fourth-order valence-corrected chi connectivity index (χ4v) is 2.00. The Kier molecular flexibility index (Phi) is 5.42. The van der Waals surface area contributed by atoms with Gasteiger partial charge in [-0.05, 0) is 56.7 Å². The first kappa shape index (κ1) is 15.6. The van der Waals surface area contributed by atoms with Crippen LogP contribution in [0.3, 0.4) is 0 Å². The molecule has 1 aromatic carbocycles. The summed E-state index contributed by atoms with van der Waals surface area (Å²) in [5.41, 5.74) is 2.22. The predicted octanol–water partition coefficient (Wildman–Crippen LogP) is 4.83. The van der Waals surface area contributed by atoms with Crippen LogP contribution in [0, 0.1) is 23.7 Å². The van der Waals surface area contributed by atoms with Crippen molar-refractivity contribution >= 4 is 0 Å². The fraction of sp³-hybridized carbons (Fsp3) is 0.588. The van der Waals surface area contributed by atoms with E-state index in [-0.39, 0.29) is 5.41 Å². The molecule has 0 aliphatic heterocycles. The summed E-state index contributed by atoms with van der Waals surface area (Å²) < 4.78 is 5.91. The van der Waals surface area contributed by atoms with Crippen LogP contribution in [0.1, 0.15) is 57.6 Å². The van der Waals surface area contributed by atoms with E-state index in [9.17, 15) is 0 Å². The molecule has 1 aromatic rings. The molecule has 0 radical (unpaired) electrons. The molecule has 0 spiro atoms.